The molecule has 0 bridgehead atoms. The van der Waals surface area contributed by atoms with E-state index in [1.54, 1.807) is 0 Å². The first kappa shape index (κ1) is 12.6. The van der Waals surface area contributed by atoms with E-state index in [2.05, 4.69) is 24.0 Å². The van der Waals surface area contributed by atoms with Crippen molar-refractivity contribution < 1.29 is 0 Å². The number of aliphatic imine (C=N–C) groups is 1. The van der Waals surface area contributed by atoms with E-state index in [-0.39, 0.29) is 6.04 Å². The average Bonchev–Trinajstić information content (AvgIpc) is 2.20. The fourth-order valence-electron chi connectivity index (χ4n) is 1.49. The molecule has 3 nitrogen and oxygen atoms in total. The summed E-state index contributed by atoms with van der Waals surface area (Å²) in [5.74, 6) is 0.596. The lowest BCUT2D eigenvalue weighted by atomic mass is 10.1. The first-order valence-corrected chi connectivity index (χ1v) is 5.59. The fourth-order valence-corrected chi connectivity index (χ4v) is 1.49. The van der Waals surface area contributed by atoms with E-state index in [4.69, 9.17) is 5.73 Å². The van der Waals surface area contributed by atoms with Crippen LogP contribution in [0.4, 0.5) is 0 Å². The maximum absolute atomic E-state index is 5.89. The molecule has 1 aromatic carbocycles. The summed E-state index contributed by atoms with van der Waals surface area (Å²) in [4.78, 5) is 6.30. The van der Waals surface area contributed by atoms with E-state index in [1.807, 2.05) is 37.9 Å². The van der Waals surface area contributed by atoms with E-state index in [9.17, 15) is 0 Å². The average molecular weight is 219 g/mol. The highest BCUT2D eigenvalue weighted by atomic mass is 15.2. The number of nitrogens with two attached hydrogens (primary N) is 1. The van der Waals surface area contributed by atoms with Crippen molar-refractivity contribution in [2.45, 2.75) is 33.4 Å². The molecule has 1 aromatic rings. The molecule has 3 heteroatoms. The van der Waals surface area contributed by atoms with Gasteiger partial charge in [0.05, 0.1) is 0 Å². The summed E-state index contributed by atoms with van der Waals surface area (Å²) in [5.41, 5.74) is 8.46. The van der Waals surface area contributed by atoms with E-state index < -0.39 is 0 Å². The van der Waals surface area contributed by atoms with Crippen molar-refractivity contribution >= 4 is 5.96 Å². The lowest BCUT2D eigenvalue weighted by Gasteiger charge is -2.19. The van der Waals surface area contributed by atoms with Crippen LogP contribution < -0.4 is 5.73 Å². The highest BCUT2D eigenvalue weighted by Gasteiger charge is 2.05. The predicted molar refractivity (Wildman–Crippen MR) is 69.4 cm³/mol. The van der Waals surface area contributed by atoms with Gasteiger partial charge in [-0.15, -0.1) is 0 Å². The molecular weight excluding hydrogens is 198 g/mol. The minimum Gasteiger partial charge on any atom is -0.370 e. The van der Waals surface area contributed by atoms with E-state index in [1.165, 1.54) is 11.1 Å². The molecule has 0 aromatic heterocycles. The SMILES string of the molecule is Cc1ccccc1CN(C)C(N)=NC(C)C. The Kier molecular flexibility index (Phi) is 4.35. The molecule has 0 fully saturated rings. The number of hydrogen-bond acceptors (Lipinski definition) is 1. The normalized spacial score (nSPS) is 11.9. The topological polar surface area (TPSA) is 41.6 Å². The van der Waals surface area contributed by atoms with Crippen molar-refractivity contribution in [2.24, 2.45) is 10.7 Å². The van der Waals surface area contributed by atoms with Crippen LogP contribution in [0.2, 0.25) is 0 Å². The Morgan fingerprint density at radius 1 is 1.38 bits per heavy atom. The Labute approximate surface area is 98.0 Å². The molecule has 0 heterocycles. The second kappa shape index (κ2) is 5.54. The number of rotatable bonds is 3. The highest BCUT2D eigenvalue weighted by molar-refractivity contribution is 5.77. The third-order valence-corrected chi connectivity index (χ3v) is 2.45. The first-order chi connectivity index (χ1) is 7.50. The van der Waals surface area contributed by atoms with Gasteiger partial charge in [-0.1, -0.05) is 24.3 Å². The van der Waals surface area contributed by atoms with Crippen LogP contribution in [0.1, 0.15) is 25.0 Å². The Bertz CT molecular complexity index is 369. The standard InChI is InChI=1S/C13H21N3/c1-10(2)15-13(14)16(4)9-12-8-6-5-7-11(12)3/h5-8,10H,9H2,1-4H3,(H2,14,15). The van der Waals surface area contributed by atoms with Crippen molar-refractivity contribution in [3.05, 3.63) is 35.4 Å². The summed E-state index contributed by atoms with van der Waals surface area (Å²) in [6.45, 7) is 6.95. The molecule has 88 valence electrons. The molecule has 0 spiro atoms. The minimum absolute atomic E-state index is 0.235. The molecule has 0 aliphatic carbocycles. The third kappa shape index (κ3) is 3.57. The molecule has 2 N–H and O–H groups in total. The van der Waals surface area contributed by atoms with E-state index >= 15 is 0 Å². The molecular formula is C13H21N3. The largest absolute Gasteiger partial charge is 0.370 e. The lowest BCUT2D eigenvalue weighted by molar-refractivity contribution is 0.488. The van der Waals surface area contributed by atoms with Crippen molar-refractivity contribution in [1.29, 1.82) is 0 Å². The van der Waals surface area contributed by atoms with Crippen LogP contribution in [0.25, 0.3) is 0 Å². The first-order valence-electron chi connectivity index (χ1n) is 5.59. The monoisotopic (exact) mass is 219 g/mol. The number of hydrogen-bond donors (Lipinski definition) is 1. The van der Waals surface area contributed by atoms with Gasteiger partial charge in [0.1, 0.15) is 0 Å². The Hall–Kier alpha value is -1.51. The molecule has 16 heavy (non-hydrogen) atoms. The number of nitrogens with zero attached hydrogens (tertiary/aromatic N) is 2. The molecule has 0 atom stereocenters. The van der Waals surface area contributed by atoms with Crippen LogP contribution >= 0.6 is 0 Å². The van der Waals surface area contributed by atoms with Gasteiger partial charge in [-0.2, -0.15) is 0 Å². The van der Waals surface area contributed by atoms with Crippen LogP contribution in [0.3, 0.4) is 0 Å². The molecule has 0 aliphatic rings. The smallest absolute Gasteiger partial charge is 0.191 e. The Morgan fingerprint density at radius 3 is 2.56 bits per heavy atom. The van der Waals surface area contributed by atoms with E-state index in [0.717, 1.165) is 6.54 Å². The highest BCUT2D eigenvalue weighted by Crippen LogP contribution is 2.09. The summed E-state index contributed by atoms with van der Waals surface area (Å²) in [6.07, 6.45) is 0. The van der Waals surface area contributed by atoms with E-state index in [0.29, 0.717) is 5.96 Å². The van der Waals surface area contributed by atoms with Gasteiger partial charge < -0.3 is 10.6 Å². The lowest BCUT2D eigenvalue weighted by Crippen LogP contribution is -2.34. The van der Waals surface area contributed by atoms with Gasteiger partial charge in [0.25, 0.3) is 0 Å². The van der Waals surface area contributed by atoms with Gasteiger partial charge in [-0.05, 0) is 31.9 Å². The van der Waals surface area contributed by atoms with Crippen LogP contribution in [-0.4, -0.2) is 23.9 Å². The zero-order chi connectivity index (χ0) is 12.1. The molecule has 0 amide bonds. The molecule has 0 saturated carbocycles. The summed E-state index contributed by atoms with van der Waals surface area (Å²) in [7, 11) is 1.97. The zero-order valence-corrected chi connectivity index (χ0v) is 10.6. The summed E-state index contributed by atoms with van der Waals surface area (Å²) in [5, 5.41) is 0. The predicted octanol–water partition coefficient (Wildman–Crippen LogP) is 2.15. The van der Waals surface area contributed by atoms with Crippen molar-refractivity contribution in [3.8, 4) is 0 Å². The quantitative estimate of drug-likeness (QED) is 0.625. The van der Waals surface area contributed by atoms with Gasteiger partial charge in [-0.25, -0.2) is 0 Å². The molecule has 0 aliphatic heterocycles. The zero-order valence-electron chi connectivity index (χ0n) is 10.6. The van der Waals surface area contributed by atoms with Gasteiger partial charge in [0, 0.05) is 19.6 Å². The summed E-state index contributed by atoms with van der Waals surface area (Å²) >= 11 is 0. The molecule has 1 rings (SSSR count). The Balaban J connectivity index is 2.72. The number of benzene rings is 1. The second-order valence-corrected chi connectivity index (χ2v) is 4.36. The maximum Gasteiger partial charge on any atom is 0.191 e. The minimum atomic E-state index is 0.235. The summed E-state index contributed by atoms with van der Waals surface area (Å²) in [6, 6.07) is 8.56. The van der Waals surface area contributed by atoms with Crippen LogP contribution in [0.5, 0.6) is 0 Å². The second-order valence-electron chi connectivity index (χ2n) is 4.36. The molecule has 0 saturated heterocycles. The van der Waals surface area contributed by atoms with Crippen molar-refractivity contribution in [3.63, 3.8) is 0 Å². The molecule has 0 unspecified atom stereocenters. The van der Waals surface area contributed by atoms with Crippen LogP contribution in [0, 0.1) is 6.92 Å². The van der Waals surface area contributed by atoms with Crippen LogP contribution in [0.15, 0.2) is 29.3 Å². The number of guanidine groups is 1. The number of aryl methyl sites for hydroxylation is 1. The fraction of sp³-hybridized carbons (Fsp3) is 0.462. The van der Waals surface area contributed by atoms with Crippen molar-refractivity contribution in [1.82, 2.24) is 4.90 Å². The van der Waals surface area contributed by atoms with Crippen LogP contribution in [-0.2, 0) is 6.54 Å². The van der Waals surface area contributed by atoms with Gasteiger partial charge >= 0.3 is 0 Å². The Morgan fingerprint density at radius 2 is 2.00 bits per heavy atom. The molecule has 0 radical (unpaired) electrons. The maximum atomic E-state index is 5.89. The van der Waals surface area contributed by atoms with Gasteiger partial charge in [-0.3, -0.25) is 4.99 Å². The van der Waals surface area contributed by atoms with Crippen molar-refractivity contribution in [2.75, 3.05) is 7.05 Å². The van der Waals surface area contributed by atoms with Gasteiger partial charge in [0.15, 0.2) is 5.96 Å². The summed E-state index contributed by atoms with van der Waals surface area (Å²) < 4.78 is 0. The third-order valence-electron chi connectivity index (χ3n) is 2.45. The van der Waals surface area contributed by atoms with Gasteiger partial charge in [0.2, 0.25) is 0 Å².